The second-order valence-corrected chi connectivity index (χ2v) is 14.1. The minimum atomic E-state index is 1.10. The Morgan fingerprint density at radius 3 is 1.44 bits per heavy atom. The molecule has 0 aliphatic carbocycles. The molecule has 0 spiro atoms. The highest BCUT2D eigenvalue weighted by molar-refractivity contribution is 6.21. The first-order valence-corrected chi connectivity index (χ1v) is 18.9. The van der Waals surface area contributed by atoms with Crippen molar-refractivity contribution in [2.75, 3.05) is 4.90 Å². The van der Waals surface area contributed by atoms with E-state index >= 15 is 0 Å². The molecule has 1 heteroatoms. The van der Waals surface area contributed by atoms with E-state index in [9.17, 15) is 0 Å². The Morgan fingerprint density at radius 1 is 0.218 bits per heavy atom. The summed E-state index contributed by atoms with van der Waals surface area (Å²) in [6.45, 7) is 0. The van der Waals surface area contributed by atoms with E-state index in [4.69, 9.17) is 0 Å². The molecule has 0 fully saturated rings. The third kappa shape index (κ3) is 6.02. The second kappa shape index (κ2) is 14.0. The molecule has 55 heavy (non-hydrogen) atoms. The molecule has 0 amide bonds. The molecule has 0 aliphatic rings. The van der Waals surface area contributed by atoms with Crippen molar-refractivity contribution in [3.63, 3.8) is 0 Å². The summed E-state index contributed by atoms with van der Waals surface area (Å²) in [6.07, 6.45) is 0. The molecule has 0 aliphatic heterocycles. The van der Waals surface area contributed by atoms with Gasteiger partial charge in [-0.25, -0.2) is 0 Å². The van der Waals surface area contributed by atoms with Crippen LogP contribution in [0.2, 0.25) is 0 Å². The van der Waals surface area contributed by atoms with E-state index in [0.717, 1.165) is 17.1 Å². The van der Waals surface area contributed by atoms with Crippen molar-refractivity contribution in [3.05, 3.63) is 224 Å². The van der Waals surface area contributed by atoms with E-state index in [1.54, 1.807) is 0 Å². The van der Waals surface area contributed by atoms with Crippen molar-refractivity contribution < 1.29 is 0 Å². The SMILES string of the molecule is c1ccc(-c2cccc(N(c3ccc(-c4ccccc4-c4ccccc4)cc3)c3cccc(-c4cc5c6ccccc6ccc5c5ccccc45)c3)c2)cc1. The number of nitrogens with zero attached hydrogens (tertiary/aromatic N) is 1. The van der Waals surface area contributed by atoms with Gasteiger partial charge in [0.2, 0.25) is 0 Å². The molecule has 0 N–H and O–H groups in total. The monoisotopic (exact) mass is 699 g/mol. The van der Waals surface area contributed by atoms with Crippen molar-refractivity contribution in [2.45, 2.75) is 0 Å². The van der Waals surface area contributed by atoms with Crippen molar-refractivity contribution in [2.24, 2.45) is 0 Å². The maximum absolute atomic E-state index is 2.40. The first-order chi connectivity index (χ1) is 27.3. The maximum Gasteiger partial charge on any atom is 0.0467 e. The van der Waals surface area contributed by atoms with Crippen LogP contribution in [-0.4, -0.2) is 0 Å². The summed E-state index contributed by atoms with van der Waals surface area (Å²) in [5.74, 6) is 0. The zero-order chi connectivity index (χ0) is 36.6. The van der Waals surface area contributed by atoms with Crippen molar-refractivity contribution in [3.8, 4) is 44.5 Å². The van der Waals surface area contributed by atoms with Crippen LogP contribution >= 0.6 is 0 Å². The van der Waals surface area contributed by atoms with E-state index in [2.05, 4.69) is 229 Å². The van der Waals surface area contributed by atoms with Gasteiger partial charge in [0.15, 0.2) is 0 Å². The van der Waals surface area contributed by atoms with Crippen LogP contribution in [0.1, 0.15) is 0 Å². The van der Waals surface area contributed by atoms with E-state index in [-0.39, 0.29) is 0 Å². The fourth-order valence-corrected chi connectivity index (χ4v) is 8.21. The zero-order valence-corrected chi connectivity index (χ0v) is 30.3. The summed E-state index contributed by atoms with van der Waals surface area (Å²) in [6, 6.07) is 81.4. The van der Waals surface area contributed by atoms with Crippen molar-refractivity contribution in [1.29, 1.82) is 0 Å². The van der Waals surface area contributed by atoms with Crippen LogP contribution in [0.3, 0.4) is 0 Å². The molecule has 0 saturated heterocycles. The van der Waals surface area contributed by atoms with Gasteiger partial charge >= 0.3 is 0 Å². The average Bonchev–Trinajstić information content (AvgIpc) is 3.27. The Bertz CT molecular complexity index is 2960. The minimum Gasteiger partial charge on any atom is -0.310 e. The first kappa shape index (κ1) is 32.4. The molecule has 0 bridgehead atoms. The molecule has 0 saturated carbocycles. The number of hydrogen-bond acceptors (Lipinski definition) is 1. The Balaban J connectivity index is 1.14. The van der Waals surface area contributed by atoms with Crippen molar-refractivity contribution in [1.82, 2.24) is 0 Å². The molecular weight excluding hydrogens is 663 g/mol. The Morgan fingerprint density at radius 2 is 0.727 bits per heavy atom. The summed E-state index contributed by atoms with van der Waals surface area (Å²) in [4.78, 5) is 2.39. The second-order valence-electron chi connectivity index (χ2n) is 14.1. The van der Waals surface area contributed by atoms with Gasteiger partial charge in [-0.3, -0.25) is 0 Å². The summed E-state index contributed by atoms with van der Waals surface area (Å²) in [5.41, 5.74) is 12.9. The molecule has 10 aromatic rings. The van der Waals surface area contributed by atoms with Crippen LogP contribution < -0.4 is 4.90 Å². The highest BCUT2D eigenvalue weighted by atomic mass is 15.1. The molecule has 0 heterocycles. The number of rotatable bonds is 7. The van der Waals surface area contributed by atoms with E-state index in [0.29, 0.717) is 0 Å². The summed E-state index contributed by atoms with van der Waals surface area (Å²) >= 11 is 0. The quantitative estimate of drug-likeness (QED) is 0.150. The number of fused-ring (bicyclic) bond motifs is 5. The van der Waals surface area contributed by atoms with E-state index < -0.39 is 0 Å². The summed E-state index contributed by atoms with van der Waals surface area (Å²) in [5, 5.41) is 7.60. The number of hydrogen-bond donors (Lipinski definition) is 0. The van der Waals surface area contributed by atoms with Gasteiger partial charge in [-0.2, -0.15) is 0 Å². The van der Waals surface area contributed by atoms with Crippen LogP contribution in [0.4, 0.5) is 17.1 Å². The van der Waals surface area contributed by atoms with Gasteiger partial charge in [0.1, 0.15) is 0 Å². The molecule has 258 valence electrons. The lowest BCUT2D eigenvalue weighted by molar-refractivity contribution is 1.28. The lowest BCUT2D eigenvalue weighted by Gasteiger charge is -2.27. The van der Waals surface area contributed by atoms with E-state index in [1.807, 2.05) is 0 Å². The van der Waals surface area contributed by atoms with Gasteiger partial charge in [-0.1, -0.05) is 182 Å². The normalized spacial score (nSPS) is 11.3. The molecule has 1 nitrogen and oxygen atoms in total. The molecular formula is C54H37N. The lowest BCUT2D eigenvalue weighted by Crippen LogP contribution is -2.10. The molecule has 10 rings (SSSR count). The van der Waals surface area contributed by atoms with Crippen LogP contribution in [0.5, 0.6) is 0 Å². The van der Waals surface area contributed by atoms with Gasteiger partial charge in [0.05, 0.1) is 0 Å². The van der Waals surface area contributed by atoms with Crippen LogP contribution in [0, 0.1) is 0 Å². The fourth-order valence-electron chi connectivity index (χ4n) is 8.21. The van der Waals surface area contributed by atoms with Crippen LogP contribution in [0.15, 0.2) is 224 Å². The van der Waals surface area contributed by atoms with Gasteiger partial charge < -0.3 is 4.90 Å². The minimum absolute atomic E-state index is 1.10. The maximum atomic E-state index is 2.40. The highest BCUT2D eigenvalue weighted by Gasteiger charge is 2.17. The molecule has 0 aromatic heterocycles. The topological polar surface area (TPSA) is 3.24 Å². The fraction of sp³-hybridized carbons (Fsp3) is 0. The largest absolute Gasteiger partial charge is 0.310 e. The lowest BCUT2D eigenvalue weighted by atomic mass is 9.91. The predicted molar refractivity (Wildman–Crippen MR) is 235 cm³/mol. The molecule has 10 aromatic carbocycles. The molecule has 0 radical (unpaired) electrons. The average molecular weight is 700 g/mol. The summed E-state index contributed by atoms with van der Waals surface area (Å²) in [7, 11) is 0. The van der Waals surface area contributed by atoms with Gasteiger partial charge in [-0.15, -0.1) is 0 Å². The highest BCUT2D eigenvalue weighted by Crippen LogP contribution is 2.42. The Hall–Kier alpha value is -7.22. The summed E-state index contributed by atoms with van der Waals surface area (Å²) < 4.78 is 0. The zero-order valence-electron chi connectivity index (χ0n) is 30.3. The third-order valence-corrected chi connectivity index (χ3v) is 10.8. The smallest absolute Gasteiger partial charge is 0.0467 e. The number of benzene rings is 10. The standard InChI is InChI=1S/C54H37N/c1-3-15-38(16-4-1)42-20-13-22-45(35-42)55(44-32-29-41(30-33-44)48-25-10-9-24-47(48)39-17-5-2-6-18-39)46-23-14-21-43(36-46)53-37-54-49-26-8-7-19-40(49)31-34-52(54)50-27-11-12-28-51(50)53/h1-37H. The van der Waals surface area contributed by atoms with Gasteiger partial charge in [0.25, 0.3) is 0 Å². The van der Waals surface area contributed by atoms with E-state index in [1.165, 1.54) is 76.8 Å². The third-order valence-electron chi connectivity index (χ3n) is 10.8. The molecule has 0 atom stereocenters. The van der Waals surface area contributed by atoms with Gasteiger partial charge in [0, 0.05) is 17.1 Å². The molecule has 0 unspecified atom stereocenters. The number of anilines is 3. The van der Waals surface area contributed by atoms with Gasteiger partial charge in [-0.05, 0) is 119 Å². The first-order valence-electron chi connectivity index (χ1n) is 18.9. The predicted octanol–water partition coefficient (Wildman–Crippen LogP) is 15.3. The van der Waals surface area contributed by atoms with Crippen LogP contribution in [-0.2, 0) is 0 Å². The Labute approximate surface area is 322 Å². The van der Waals surface area contributed by atoms with Crippen molar-refractivity contribution >= 4 is 49.4 Å². The Kier molecular flexibility index (Phi) is 8.24. The van der Waals surface area contributed by atoms with Crippen LogP contribution in [0.25, 0.3) is 76.8 Å².